The van der Waals surface area contributed by atoms with Crippen LogP contribution in [-0.2, 0) is 9.59 Å². The largest absolute Gasteiger partial charge is 0.496 e. The van der Waals surface area contributed by atoms with Gasteiger partial charge < -0.3 is 14.5 Å². The second-order valence-electron chi connectivity index (χ2n) is 10.0. The molecule has 166 valence electrons. The number of hydrogen-bond acceptors (Lipinski definition) is 3. The summed E-state index contributed by atoms with van der Waals surface area (Å²) in [6, 6.07) is 5.73. The molecule has 1 aliphatic heterocycles. The van der Waals surface area contributed by atoms with Crippen molar-refractivity contribution in [2.75, 3.05) is 33.3 Å². The summed E-state index contributed by atoms with van der Waals surface area (Å²) in [5.41, 5.74) is 0.777. The van der Waals surface area contributed by atoms with Crippen molar-refractivity contribution in [3.63, 3.8) is 0 Å². The average Bonchev–Trinajstić information content (AvgIpc) is 2.76. The summed E-state index contributed by atoms with van der Waals surface area (Å²) >= 11 is 3.46. The zero-order chi connectivity index (χ0) is 21.6. The van der Waals surface area contributed by atoms with Gasteiger partial charge in [0.15, 0.2) is 0 Å². The van der Waals surface area contributed by atoms with Crippen LogP contribution in [0.3, 0.4) is 0 Å². The van der Waals surface area contributed by atoms with E-state index in [4.69, 9.17) is 4.74 Å². The standard InChI is InChI=1S/C25H31BrN2O3/c1-31-22-4-3-21(26)13-20(22)2-5-23(29)27-6-8-28(9-7-27)24(30)25-14-17-10-18(15-25)12-19(11-17)16-25/h2-5,13,17-19H,6-12,14-16H2,1H3/b5-2+. The van der Waals surface area contributed by atoms with Crippen molar-refractivity contribution >= 4 is 33.8 Å². The highest BCUT2D eigenvalue weighted by molar-refractivity contribution is 9.10. The fourth-order valence-electron chi connectivity index (χ4n) is 6.94. The van der Waals surface area contributed by atoms with Crippen LogP contribution in [-0.4, -0.2) is 54.9 Å². The van der Waals surface area contributed by atoms with E-state index >= 15 is 0 Å². The molecule has 1 aromatic carbocycles. The van der Waals surface area contributed by atoms with Gasteiger partial charge in [-0.15, -0.1) is 0 Å². The molecule has 6 heteroatoms. The van der Waals surface area contributed by atoms with Gasteiger partial charge in [-0.05, 0) is 80.6 Å². The van der Waals surface area contributed by atoms with Crippen LogP contribution in [0.4, 0.5) is 0 Å². The lowest BCUT2D eigenvalue weighted by molar-refractivity contribution is -0.160. The Balaban J connectivity index is 1.19. The molecule has 5 fully saturated rings. The van der Waals surface area contributed by atoms with Crippen LogP contribution in [0, 0.1) is 23.2 Å². The minimum atomic E-state index is -0.0852. The Labute approximate surface area is 192 Å². The van der Waals surface area contributed by atoms with Gasteiger partial charge in [0, 0.05) is 42.3 Å². The summed E-state index contributed by atoms with van der Waals surface area (Å²) in [6.45, 7) is 2.52. The van der Waals surface area contributed by atoms with Crippen LogP contribution in [0.1, 0.15) is 44.1 Å². The zero-order valence-electron chi connectivity index (χ0n) is 18.2. The molecule has 0 aromatic heterocycles. The van der Waals surface area contributed by atoms with Crippen molar-refractivity contribution in [3.05, 3.63) is 34.3 Å². The van der Waals surface area contributed by atoms with Crippen LogP contribution in [0.5, 0.6) is 5.75 Å². The Morgan fingerprint density at radius 1 is 1.00 bits per heavy atom. The summed E-state index contributed by atoms with van der Waals surface area (Å²) in [5, 5.41) is 0. The van der Waals surface area contributed by atoms with E-state index in [2.05, 4.69) is 20.8 Å². The van der Waals surface area contributed by atoms with E-state index in [9.17, 15) is 9.59 Å². The first-order chi connectivity index (χ1) is 15.0. The van der Waals surface area contributed by atoms with Gasteiger partial charge in [0.25, 0.3) is 0 Å². The van der Waals surface area contributed by atoms with Crippen molar-refractivity contribution in [2.24, 2.45) is 23.2 Å². The van der Waals surface area contributed by atoms with E-state index in [1.165, 1.54) is 19.3 Å². The number of amides is 2. The van der Waals surface area contributed by atoms with Gasteiger partial charge in [0.2, 0.25) is 11.8 Å². The van der Waals surface area contributed by atoms with E-state index in [1.807, 2.05) is 23.1 Å². The first kappa shape index (κ1) is 21.0. The van der Waals surface area contributed by atoms with Gasteiger partial charge in [0.05, 0.1) is 12.5 Å². The highest BCUT2D eigenvalue weighted by Crippen LogP contribution is 2.60. The average molecular weight is 487 g/mol. The van der Waals surface area contributed by atoms with Gasteiger partial charge in [-0.25, -0.2) is 0 Å². The summed E-state index contributed by atoms with van der Waals surface area (Å²) in [7, 11) is 1.63. The van der Waals surface area contributed by atoms with Crippen molar-refractivity contribution in [1.29, 1.82) is 0 Å². The van der Waals surface area contributed by atoms with Crippen molar-refractivity contribution in [3.8, 4) is 5.75 Å². The summed E-state index contributed by atoms with van der Waals surface area (Å²) in [6.07, 6.45) is 10.8. The fraction of sp³-hybridized carbons (Fsp3) is 0.600. The molecule has 0 N–H and O–H groups in total. The molecule has 1 aromatic rings. The fourth-order valence-corrected chi connectivity index (χ4v) is 7.32. The quantitative estimate of drug-likeness (QED) is 0.594. The maximum Gasteiger partial charge on any atom is 0.246 e. The number of nitrogens with zero attached hydrogens (tertiary/aromatic N) is 2. The van der Waals surface area contributed by atoms with Crippen molar-refractivity contribution in [2.45, 2.75) is 38.5 Å². The molecule has 4 saturated carbocycles. The number of rotatable bonds is 4. The van der Waals surface area contributed by atoms with E-state index in [1.54, 1.807) is 19.3 Å². The number of halogens is 1. The van der Waals surface area contributed by atoms with E-state index in [-0.39, 0.29) is 11.3 Å². The predicted molar refractivity (Wildman–Crippen MR) is 123 cm³/mol. The van der Waals surface area contributed by atoms with Crippen LogP contribution in [0.2, 0.25) is 0 Å². The van der Waals surface area contributed by atoms with Crippen LogP contribution >= 0.6 is 15.9 Å². The van der Waals surface area contributed by atoms with Gasteiger partial charge >= 0.3 is 0 Å². The highest BCUT2D eigenvalue weighted by atomic mass is 79.9. The molecule has 5 aliphatic rings. The minimum absolute atomic E-state index is 0.0102. The lowest BCUT2D eigenvalue weighted by atomic mass is 9.49. The minimum Gasteiger partial charge on any atom is -0.496 e. The number of carbonyl (C=O) groups excluding carboxylic acids is 2. The monoisotopic (exact) mass is 486 g/mol. The Bertz CT molecular complexity index is 869. The van der Waals surface area contributed by atoms with Crippen molar-refractivity contribution < 1.29 is 14.3 Å². The molecule has 1 saturated heterocycles. The third-order valence-electron chi connectivity index (χ3n) is 7.97. The molecule has 0 radical (unpaired) electrons. The Hall–Kier alpha value is -1.82. The lowest BCUT2D eigenvalue weighted by Crippen LogP contribution is -2.58. The zero-order valence-corrected chi connectivity index (χ0v) is 19.8. The number of ether oxygens (including phenoxy) is 1. The predicted octanol–water partition coefficient (Wildman–Crippen LogP) is 4.36. The normalized spacial score (nSPS) is 32.0. The molecule has 2 amide bonds. The SMILES string of the molecule is COc1ccc(Br)cc1/C=C/C(=O)N1CCN(C(=O)C23CC4CC(CC(C4)C2)C3)CC1. The van der Waals surface area contributed by atoms with E-state index in [0.29, 0.717) is 32.1 Å². The van der Waals surface area contributed by atoms with Crippen molar-refractivity contribution in [1.82, 2.24) is 9.80 Å². The molecule has 0 spiro atoms. The van der Waals surface area contributed by atoms with Gasteiger partial charge in [-0.3, -0.25) is 9.59 Å². The van der Waals surface area contributed by atoms with Gasteiger partial charge in [-0.1, -0.05) is 15.9 Å². The molecule has 5 nitrogen and oxygen atoms in total. The van der Waals surface area contributed by atoms with E-state index in [0.717, 1.165) is 52.8 Å². The molecular weight excluding hydrogens is 456 g/mol. The maximum atomic E-state index is 13.5. The smallest absolute Gasteiger partial charge is 0.246 e. The van der Waals surface area contributed by atoms with Crippen LogP contribution < -0.4 is 4.74 Å². The highest BCUT2D eigenvalue weighted by Gasteiger charge is 2.55. The second-order valence-corrected chi connectivity index (χ2v) is 11.0. The number of benzene rings is 1. The van der Waals surface area contributed by atoms with Gasteiger partial charge in [0.1, 0.15) is 5.75 Å². The third kappa shape index (κ3) is 4.04. The molecular formula is C25H31BrN2O3. The summed E-state index contributed by atoms with van der Waals surface area (Å²) in [4.78, 5) is 30.2. The Morgan fingerprint density at radius 3 is 2.16 bits per heavy atom. The maximum absolute atomic E-state index is 13.5. The number of carbonyl (C=O) groups is 2. The summed E-state index contributed by atoms with van der Waals surface area (Å²) in [5.74, 6) is 3.44. The molecule has 31 heavy (non-hydrogen) atoms. The molecule has 4 aliphatic carbocycles. The van der Waals surface area contributed by atoms with Crippen LogP contribution in [0.25, 0.3) is 6.08 Å². The summed E-state index contributed by atoms with van der Waals surface area (Å²) < 4.78 is 6.32. The number of hydrogen-bond donors (Lipinski definition) is 0. The van der Waals surface area contributed by atoms with Gasteiger partial charge in [-0.2, -0.15) is 0 Å². The first-order valence-electron chi connectivity index (χ1n) is 11.6. The molecule has 1 heterocycles. The topological polar surface area (TPSA) is 49.9 Å². The van der Waals surface area contributed by atoms with Crippen LogP contribution in [0.15, 0.2) is 28.7 Å². The molecule has 6 rings (SSSR count). The first-order valence-corrected chi connectivity index (χ1v) is 12.3. The molecule has 0 unspecified atom stereocenters. The molecule has 0 atom stereocenters. The Kier molecular flexibility index (Phi) is 5.61. The Morgan fingerprint density at radius 2 is 1.58 bits per heavy atom. The lowest BCUT2D eigenvalue weighted by Gasteiger charge is -2.57. The molecule has 4 bridgehead atoms. The number of methoxy groups -OCH3 is 1. The van der Waals surface area contributed by atoms with E-state index < -0.39 is 0 Å². The third-order valence-corrected chi connectivity index (χ3v) is 8.46. The second kappa shape index (κ2) is 8.27. The number of piperazine rings is 1.